The van der Waals surface area contributed by atoms with Crippen molar-refractivity contribution in [2.75, 3.05) is 13.1 Å². The average Bonchev–Trinajstić information content (AvgIpc) is 3.48. The molecule has 0 spiro atoms. The monoisotopic (exact) mass is 468 g/mol. The molecule has 0 atom stereocenters. The molecule has 7 nitrogen and oxygen atoms in total. The Morgan fingerprint density at radius 2 is 2.00 bits per heavy atom. The van der Waals surface area contributed by atoms with Crippen LogP contribution in [0.4, 0.5) is 0 Å². The molecule has 3 N–H and O–H groups in total. The molecule has 0 saturated heterocycles. The van der Waals surface area contributed by atoms with Crippen molar-refractivity contribution in [3.63, 3.8) is 0 Å². The van der Waals surface area contributed by atoms with Crippen molar-refractivity contribution < 1.29 is 13.2 Å². The largest absolute Gasteiger partial charge is 0.331 e. The number of carbonyl (C=O) groups excluding carboxylic acids is 1. The Hall–Kier alpha value is -1.71. The number of amides is 1. The molecule has 1 aliphatic carbocycles. The van der Waals surface area contributed by atoms with Crippen molar-refractivity contribution in [3.05, 3.63) is 50.8 Å². The Kier molecular flexibility index (Phi) is 5.80. The number of benzene rings is 1. The van der Waals surface area contributed by atoms with Gasteiger partial charge in [0.1, 0.15) is 0 Å². The average molecular weight is 469 g/mol. The van der Waals surface area contributed by atoms with Crippen LogP contribution in [0.1, 0.15) is 40.2 Å². The summed E-state index contributed by atoms with van der Waals surface area (Å²) in [6.45, 7) is 2.79. The number of nitrogens with two attached hydrogens (primary N) is 1. The third-order valence-corrected chi connectivity index (χ3v) is 7.98. The van der Waals surface area contributed by atoms with Gasteiger partial charge in [0.25, 0.3) is 5.91 Å². The minimum absolute atomic E-state index is 0.165. The standard InChI is InChI=1S/C20H22Cl2N4O3S/c1-11-15(9-23)18(14-5-2-12(21)8-16(14)22)19-17(25-11)10-26(20(19)27)7-6-24-30(28,29)13-3-4-13/h2,5,8,13,24H,3-4,6-7,9-10,23H2,1H3. The Morgan fingerprint density at radius 1 is 1.27 bits per heavy atom. The maximum atomic E-state index is 13.2. The van der Waals surface area contributed by atoms with Crippen LogP contribution in [-0.2, 0) is 23.1 Å². The number of sulfonamides is 1. The molecule has 0 radical (unpaired) electrons. The van der Waals surface area contributed by atoms with Gasteiger partial charge in [-0.3, -0.25) is 9.78 Å². The molecular weight excluding hydrogens is 447 g/mol. The molecular formula is C20H22Cl2N4O3S. The van der Waals surface area contributed by atoms with Crippen molar-refractivity contribution in [1.29, 1.82) is 0 Å². The summed E-state index contributed by atoms with van der Waals surface area (Å²) in [5.74, 6) is -0.209. The van der Waals surface area contributed by atoms with Gasteiger partial charge < -0.3 is 10.6 Å². The summed E-state index contributed by atoms with van der Waals surface area (Å²) in [6, 6.07) is 5.12. The molecule has 1 amide bonds. The first kappa shape index (κ1) is 21.5. The molecule has 160 valence electrons. The van der Waals surface area contributed by atoms with Gasteiger partial charge in [-0.1, -0.05) is 29.3 Å². The van der Waals surface area contributed by atoms with Gasteiger partial charge in [-0.05, 0) is 37.5 Å². The number of carbonyl (C=O) groups is 1. The lowest BCUT2D eigenvalue weighted by Crippen LogP contribution is -2.36. The van der Waals surface area contributed by atoms with E-state index in [1.54, 1.807) is 23.1 Å². The maximum Gasteiger partial charge on any atom is 0.256 e. The van der Waals surface area contributed by atoms with E-state index in [4.69, 9.17) is 28.9 Å². The summed E-state index contributed by atoms with van der Waals surface area (Å²) in [4.78, 5) is 19.4. The van der Waals surface area contributed by atoms with Crippen molar-refractivity contribution in [1.82, 2.24) is 14.6 Å². The quantitative estimate of drug-likeness (QED) is 0.649. The smallest absolute Gasteiger partial charge is 0.256 e. The van der Waals surface area contributed by atoms with E-state index in [9.17, 15) is 13.2 Å². The highest BCUT2D eigenvalue weighted by molar-refractivity contribution is 7.90. The number of nitrogens with one attached hydrogen (secondary N) is 1. The number of hydrogen-bond donors (Lipinski definition) is 2. The van der Waals surface area contributed by atoms with Gasteiger partial charge in [0.2, 0.25) is 10.0 Å². The Balaban J connectivity index is 1.66. The zero-order chi connectivity index (χ0) is 21.6. The normalized spacial score (nSPS) is 16.3. The molecule has 0 unspecified atom stereocenters. The molecule has 1 aliphatic heterocycles. The highest BCUT2D eigenvalue weighted by Crippen LogP contribution is 2.39. The van der Waals surface area contributed by atoms with E-state index in [2.05, 4.69) is 9.71 Å². The van der Waals surface area contributed by atoms with E-state index in [0.717, 1.165) is 11.3 Å². The van der Waals surface area contributed by atoms with E-state index < -0.39 is 10.0 Å². The molecule has 4 rings (SSSR count). The predicted molar refractivity (Wildman–Crippen MR) is 117 cm³/mol. The van der Waals surface area contributed by atoms with Gasteiger partial charge in [-0.25, -0.2) is 13.1 Å². The topological polar surface area (TPSA) is 105 Å². The van der Waals surface area contributed by atoms with Gasteiger partial charge in [-0.15, -0.1) is 0 Å². The van der Waals surface area contributed by atoms with E-state index >= 15 is 0 Å². The summed E-state index contributed by atoms with van der Waals surface area (Å²) >= 11 is 12.5. The summed E-state index contributed by atoms with van der Waals surface area (Å²) in [7, 11) is -3.29. The lowest BCUT2D eigenvalue weighted by atomic mass is 9.93. The maximum absolute atomic E-state index is 13.2. The minimum atomic E-state index is -3.29. The van der Waals surface area contributed by atoms with Crippen LogP contribution >= 0.6 is 23.2 Å². The number of fused-ring (bicyclic) bond motifs is 1. The third-order valence-electron chi connectivity index (χ3n) is 5.47. The van der Waals surface area contributed by atoms with Gasteiger partial charge in [-0.2, -0.15) is 0 Å². The molecule has 2 aromatic rings. The number of aryl methyl sites for hydroxylation is 1. The van der Waals surface area contributed by atoms with Crippen molar-refractivity contribution in [3.8, 4) is 11.1 Å². The molecule has 1 fully saturated rings. The summed E-state index contributed by atoms with van der Waals surface area (Å²) in [6.07, 6.45) is 1.39. The van der Waals surface area contributed by atoms with Crippen LogP contribution in [0, 0.1) is 6.92 Å². The van der Waals surface area contributed by atoms with Crippen LogP contribution in [-0.4, -0.2) is 42.5 Å². The van der Waals surface area contributed by atoms with E-state index in [1.165, 1.54) is 0 Å². The van der Waals surface area contributed by atoms with E-state index in [0.29, 0.717) is 51.8 Å². The van der Waals surface area contributed by atoms with Gasteiger partial charge in [0, 0.05) is 46.5 Å². The van der Waals surface area contributed by atoms with Crippen LogP contribution in [0.5, 0.6) is 0 Å². The second kappa shape index (κ2) is 8.09. The molecule has 1 aromatic carbocycles. The fourth-order valence-electron chi connectivity index (χ4n) is 3.80. The summed E-state index contributed by atoms with van der Waals surface area (Å²) < 4.78 is 26.7. The lowest BCUT2D eigenvalue weighted by Gasteiger charge is -2.17. The minimum Gasteiger partial charge on any atom is -0.331 e. The van der Waals surface area contributed by atoms with Crippen LogP contribution < -0.4 is 10.5 Å². The van der Waals surface area contributed by atoms with Gasteiger partial charge >= 0.3 is 0 Å². The number of pyridine rings is 1. The molecule has 0 bridgehead atoms. The Labute approximate surface area is 185 Å². The van der Waals surface area contributed by atoms with Crippen molar-refractivity contribution in [2.45, 2.75) is 38.1 Å². The molecule has 10 heteroatoms. The Bertz CT molecular complexity index is 1130. The number of aromatic nitrogens is 1. The van der Waals surface area contributed by atoms with Crippen LogP contribution in [0.15, 0.2) is 18.2 Å². The van der Waals surface area contributed by atoms with Crippen molar-refractivity contribution >= 4 is 39.1 Å². The number of rotatable bonds is 7. The predicted octanol–water partition coefficient (Wildman–Crippen LogP) is 2.86. The van der Waals surface area contributed by atoms with Crippen LogP contribution in [0.3, 0.4) is 0 Å². The fourth-order valence-corrected chi connectivity index (χ4v) is 5.67. The highest BCUT2D eigenvalue weighted by Gasteiger charge is 2.37. The highest BCUT2D eigenvalue weighted by atomic mass is 35.5. The first-order valence-corrected chi connectivity index (χ1v) is 12.0. The molecule has 2 heterocycles. The summed E-state index contributed by atoms with van der Waals surface area (Å²) in [5.41, 5.74) is 9.94. The summed E-state index contributed by atoms with van der Waals surface area (Å²) in [5, 5.41) is 0.629. The number of halogens is 2. The van der Waals surface area contributed by atoms with Crippen LogP contribution in [0.25, 0.3) is 11.1 Å². The van der Waals surface area contributed by atoms with E-state index in [1.807, 2.05) is 6.92 Å². The lowest BCUT2D eigenvalue weighted by molar-refractivity contribution is 0.0782. The first-order valence-electron chi connectivity index (χ1n) is 9.68. The zero-order valence-corrected chi connectivity index (χ0v) is 18.7. The second-order valence-electron chi connectivity index (χ2n) is 7.57. The van der Waals surface area contributed by atoms with Gasteiger partial charge in [0.05, 0.1) is 23.1 Å². The Morgan fingerprint density at radius 3 is 2.63 bits per heavy atom. The second-order valence-corrected chi connectivity index (χ2v) is 10.5. The first-order chi connectivity index (χ1) is 14.2. The SMILES string of the molecule is Cc1nc2c(c(-c3ccc(Cl)cc3Cl)c1CN)C(=O)N(CCNS(=O)(=O)C1CC1)C2. The fraction of sp³-hybridized carbons (Fsp3) is 0.400. The number of nitrogens with zero attached hydrogens (tertiary/aromatic N) is 2. The molecule has 1 aromatic heterocycles. The molecule has 2 aliphatic rings. The third kappa shape index (κ3) is 3.94. The van der Waals surface area contributed by atoms with Crippen LogP contribution in [0.2, 0.25) is 10.0 Å². The van der Waals surface area contributed by atoms with Gasteiger partial charge in [0.15, 0.2) is 0 Å². The molecule has 1 saturated carbocycles. The van der Waals surface area contributed by atoms with E-state index in [-0.39, 0.29) is 30.8 Å². The zero-order valence-electron chi connectivity index (χ0n) is 16.4. The van der Waals surface area contributed by atoms with Crippen molar-refractivity contribution in [2.24, 2.45) is 5.73 Å². The number of hydrogen-bond acceptors (Lipinski definition) is 5. The molecule has 30 heavy (non-hydrogen) atoms.